The maximum absolute atomic E-state index is 13.1. The van der Waals surface area contributed by atoms with Crippen LogP contribution in [0.1, 0.15) is 36.7 Å². The molecule has 1 aliphatic rings. The van der Waals surface area contributed by atoms with Gasteiger partial charge in [-0.1, -0.05) is 12.1 Å². The van der Waals surface area contributed by atoms with Crippen molar-refractivity contribution in [3.63, 3.8) is 0 Å². The van der Waals surface area contributed by atoms with Crippen LogP contribution in [-0.2, 0) is 16.6 Å². The van der Waals surface area contributed by atoms with Crippen molar-refractivity contribution in [2.24, 2.45) is 0 Å². The molecule has 0 atom stereocenters. The van der Waals surface area contributed by atoms with Gasteiger partial charge in [0.1, 0.15) is 5.75 Å². The van der Waals surface area contributed by atoms with Crippen LogP contribution in [0, 0.1) is 0 Å². The van der Waals surface area contributed by atoms with Crippen molar-refractivity contribution in [3.8, 4) is 5.75 Å². The summed E-state index contributed by atoms with van der Waals surface area (Å²) in [6, 6.07) is 14.3. The molecule has 1 fully saturated rings. The molecule has 1 amide bonds. The van der Waals surface area contributed by atoms with Gasteiger partial charge in [0.05, 0.1) is 11.5 Å². The monoisotopic (exact) mass is 459 g/mol. The normalized spacial score (nSPS) is 15.5. The van der Waals surface area contributed by atoms with Gasteiger partial charge >= 0.3 is 0 Å². The molecular formula is C24H33N3O4S. The highest BCUT2D eigenvalue weighted by atomic mass is 32.2. The van der Waals surface area contributed by atoms with Crippen LogP contribution in [0.2, 0.25) is 0 Å². The quantitative estimate of drug-likeness (QED) is 0.576. The van der Waals surface area contributed by atoms with Crippen molar-refractivity contribution in [2.75, 3.05) is 45.9 Å². The fourth-order valence-electron chi connectivity index (χ4n) is 3.86. The lowest BCUT2D eigenvalue weighted by Crippen LogP contribution is -2.48. The summed E-state index contributed by atoms with van der Waals surface area (Å²) >= 11 is 0. The van der Waals surface area contributed by atoms with Gasteiger partial charge in [-0.05, 0) is 62.7 Å². The summed E-state index contributed by atoms with van der Waals surface area (Å²) in [5.41, 5.74) is 1.69. The first-order chi connectivity index (χ1) is 15.4. The number of hydrogen-bond acceptors (Lipinski definition) is 5. The number of amides is 1. The van der Waals surface area contributed by atoms with Crippen molar-refractivity contribution < 1.29 is 17.9 Å². The Labute approximate surface area is 191 Å². The average molecular weight is 460 g/mol. The Bertz CT molecular complexity index is 979. The average Bonchev–Trinajstić information content (AvgIpc) is 2.82. The Morgan fingerprint density at radius 1 is 0.906 bits per heavy atom. The lowest BCUT2D eigenvalue weighted by atomic mass is 10.2. The second-order valence-electron chi connectivity index (χ2n) is 7.76. The lowest BCUT2D eigenvalue weighted by Gasteiger charge is -2.34. The number of benzene rings is 2. The van der Waals surface area contributed by atoms with E-state index in [1.807, 2.05) is 32.9 Å². The van der Waals surface area contributed by atoms with Gasteiger partial charge in [-0.15, -0.1) is 0 Å². The molecule has 7 nitrogen and oxygen atoms in total. The number of sulfonamides is 1. The summed E-state index contributed by atoms with van der Waals surface area (Å²) < 4.78 is 33.2. The van der Waals surface area contributed by atoms with Gasteiger partial charge in [0, 0.05) is 51.4 Å². The summed E-state index contributed by atoms with van der Waals surface area (Å²) in [7, 11) is -3.58. The highest BCUT2D eigenvalue weighted by Gasteiger charge is 2.28. The van der Waals surface area contributed by atoms with E-state index in [0.717, 1.165) is 12.3 Å². The predicted octanol–water partition coefficient (Wildman–Crippen LogP) is 3.07. The fraction of sp³-hybridized carbons (Fsp3) is 0.458. The number of carbonyl (C=O) groups excluding carboxylic acids is 1. The van der Waals surface area contributed by atoms with E-state index in [1.165, 1.54) is 9.87 Å². The molecular weight excluding hydrogens is 426 g/mol. The van der Waals surface area contributed by atoms with Crippen LogP contribution in [0.5, 0.6) is 5.75 Å². The molecule has 0 radical (unpaired) electrons. The summed E-state index contributed by atoms with van der Waals surface area (Å²) in [6.45, 7) is 10.7. The summed E-state index contributed by atoms with van der Waals surface area (Å²) in [5.74, 6) is 0.777. The number of carbonyl (C=O) groups is 1. The van der Waals surface area contributed by atoms with Gasteiger partial charge in [-0.25, -0.2) is 8.42 Å². The fourth-order valence-corrected chi connectivity index (χ4v) is 5.28. The topological polar surface area (TPSA) is 70.2 Å². The first-order valence-corrected chi connectivity index (χ1v) is 12.7. The standard InChI is InChI=1S/C24H33N3O4S/c1-4-26(5-2)24(28)21-9-13-23(14-10-21)32(29,30)27-17-15-25(16-18-27)19-20-7-11-22(12-8-20)31-6-3/h7-14H,4-6,15-19H2,1-3H3. The van der Waals surface area contributed by atoms with Gasteiger partial charge in [-0.3, -0.25) is 9.69 Å². The molecule has 174 valence electrons. The zero-order chi connectivity index (χ0) is 23.1. The smallest absolute Gasteiger partial charge is 0.253 e. The molecule has 1 heterocycles. The van der Waals surface area contributed by atoms with E-state index in [-0.39, 0.29) is 10.8 Å². The summed E-state index contributed by atoms with van der Waals surface area (Å²) in [5, 5.41) is 0. The first kappa shape index (κ1) is 24.2. The van der Waals surface area contributed by atoms with Crippen molar-refractivity contribution in [2.45, 2.75) is 32.2 Å². The number of ether oxygens (including phenoxy) is 1. The van der Waals surface area contributed by atoms with Gasteiger partial charge in [0.25, 0.3) is 5.91 Å². The maximum Gasteiger partial charge on any atom is 0.253 e. The zero-order valence-corrected chi connectivity index (χ0v) is 20.0. The largest absolute Gasteiger partial charge is 0.494 e. The van der Waals surface area contributed by atoms with E-state index in [4.69, 9.17) is 4.74 Å². The van der Waals surface area contributed by atoms with Crippen LogP contribution >= 0.6 is 0 Å². The second-order valence-corrected chi connectivity index (χ2v) is 9.70. The van der Waals surface area contributed by atoms with Crippen LogP contribution < -0.4 is 4.74 Å². The predicted molar refractivity (Wildman–Crippen MR) is 125 cm³/mol. The highest BCUT2D eigenvalue weighted by Crippen LogP contribution is 2.20. The Balaban J connectivity index is 1.59. The van der Waals surface area contributed by atoms with Crippen LogP contribution in [-0.4, -0.2) is 74.3 Å². The molecule has 1 saturated heterocycles. The second kappa shape index (κ2) is 10.9. The first-order valence-electron chi connectivity index (χ1n) is 11.2. The van der Waals surface area contributed by atoms with E-state index >= 15 is 0 Å². The third kappa shape index (κ3) is 5.68. The molecule has 0 saturated carbocycles. The maximum atomic E-state index is 13.1. The highest BCUT2D eigenvalue weighted by molar-refractivity contribution is 7.89. The van der Waals surface area contributed by atoms with E-state index < -0.39 is 10.0 Å². The minimum atomic E-state index is -3.58. The van der Waals surface area contributed by atoms with Crippen LogP contribution in [0.15, 0.2) is 53.4 Å². The molecule has 0 unspecified atom stereocenters. The van der Waals surface area contributed by atoms with Gasteiger partial charge in [0.2, 0.25) is 10.0 Å². The zero-order valence-electron chi connectivity index (χ0n) is 19.2. The molecule has 8 heteroatoms. The van der Waals surface area contributed by atoms with Crippen molar-refractivity contribution in [1.82, 2.24) is 14.1 Å². The molecule has 0 N–H and O–H groups in total. The molecule has 32 heavy (non-hydrogen) atoms. The van der Waals surface area contributed by atoms with E-state index in [2.05, 4.69) is 17.0 Å². The van der Waals surface area contributed by atoms with E-state index in [0.29, 0.717) is 51.4 Å². The molecule has 0 bridgehead atoms. The molecule has 1 aliphatic heterocycles. The van der Waals surface area contributed by atoms with Crippen molar-refractivity contribution in [3.05, 3.63) is 59.7 Å². The Hall–Kier alpha value is -2.42. The van der Waals surface area contributed by atoms with E-state index in [1.54, 1.807) is 29.2 Å². The molecule has 2 aromatic rings. The molecule has 2 aromatic carbocycles. The number of hydrogen-bond donors (Lipinski definition) is 0. The Morgan fingerprint density at radius 3 is 2.03 bits per heavy atom. The molecule has 3 rings (SSSR count). The Kier molecular flexibility index (Phi) is 8.28. The van der Waals surface area contributed by atoms with Crippen molar-refractivity contribution in [1.29, 1.82) is 0 Å². The summed E-state index contributed by atoms with van der Waals surface area (Å²) in [4.78, 5) is 16.7. The Morgan fingerprint density at radius 2 is 1.50 bits per heavy atom. The minimum Gasteiger partial charge on any atom is -0.494 e. The lowest BCUT2D eigenvalue weighted by molar-refractivity contribution is 0.0773. The van der Waals surface area contributed by atoms with Gasteiger partial charge < -0.3 is 9.64 Å². The minimum absolute atomic E-state index is 0.0816. The van der Waals surface area contributed by atoms with Crippen LogP contribution in [0.4, 0.5) is 0 Å². The SMILES string of the molecule is CCOc1ccc(CN2CCN(S(=O)(=O)c3ccc(C(=O)N(CC)CC)cc3)CC2)cc1. The van der Waals surface area contributed by atoms with E-state index in [9.17, 15) is 13.2 Å². The number of piperazine rings is 1. The van der Waals surface area contributed by atoms with Gasteiger partial charge in [-0.2, -0.15) is 4.31 Å². The third-order valence-electron chi connectivity index (χ3n) is 5.76. The van der Waals surface area contributed by atoms with Gasteiger partial charge in [0.15, 0.2) is 0 Å². The van der Waals surface area contributed by atoms with Crippen LogP contribution in [0.3, 0.4) is 0 Å². The summed E-state index contributed by atoms with van der Waals surface area (Å²) in [6.07, 6.45) is 0. The number of rotatable bonds is 9. The molecule has 0 aromatic heterocycles. The van der Waals surface area contributed by atoms with Crippen LogP contribution in [0.25, 0.3) is 0 Å². The molecule has 0 spiro atoms. The number of nitrogens with zero attached hydrogens (tertiary/aromatic N) is 3. The molecule has 0 aliphatic carbocycles. The third-order valence-corrected chi connectivity index (χ3v) is 7.67. The van der Waals surface area contributed by atoms with Crippen molar-refractivity contribution >= 4 is 15.9 Å².